The second-order valence-electron chi connectivity index (χ2n) is 5.38. The van der Waals surface area contributed by atoms with Gasteiger partial charge in [0.25, 0.3) is 0 Å². The van der Waals surface area contributed by atoms with Crippen molar-refractivity contribution < 1.29 is 0 Å². The number of fused-ring (bicyclic) bond motifs is 4. The number of para-hydroxylation sites is 1. The van der Waals surface area contributed by atoms with Crippen LogP contribution in [0.5, 0.6) is 0 Å². The maximum Gasteiger partial charge on any atom is 0.195 e. The van der Waals surface area contributed by atoms with Gasteiger partial charge in [-0.25, -0.2) is 4.98 Å². The van der Waals surface area contributed by atoms with Crippen molar-refractivity contribution in [3.05, 3.63) is 72.9 Å². The van der Waals surface area contributed by atoms with Crippen LogP contribution in [-0.2, 0) is 0 Å². The predicted molar refractivity (Wildman–Crippen MR) is 94.0 cm³/mol. The first kappa shape index (κ1) is 12.0. The Labute approximate surface area is 131 Å². The highest BCUT2D eigenvalue weighted by Crippen LogP contribution is 2.33. The van der Waals surface area contributed by atoms with Crippen molar-refractivity contribution in [1.82, 2.24) is 9.55 Å². The largest absolute Gasteiger partial charge is 0.293 e. The second kappa shape index (κ2) is 4.42. The molecular formula is C19H12N2S. The molecule has 3 heteroatoms. The molecule has 0 amide bonds. The maximum atomic E-state index is 4.84. The van der Waals surface area contributed by atoms with Crippen LogP contribution in [0, 0.1) is 0 Å². The standard InChI is InChI=1S/C19H12N2S/c1-3-7-15-13(5-1)9-10-16-18(15)22-19(20-16)21-12-11-14-6-2-4-8-17(14)21/h1-12H. The van der Waals surface area contributed by atoms with Crippen molar-refractivity contribution in [3.63, 3.8) is 0 Å². The minimum atomic E-state index is 1.02. The van der Waals surface area contributed by atoms with E-state index in [4.69, 9.17) is 4.98 Å². The fourth-order valence-electron chi connectivity index (χ4n) is 3.00. The van der Waals surface area contributed by atoms with E-state index >= 15 is 0 Å². The molecule has 5 aromatic rings. The molecule has 0 saturated heterocycles. The Morgan fingerprint density at radius 3 is 2.55 bits per heavy atom. The SMILES string of the molecule is c1ccc2c(c1)ccc1nc(-n3ccc4ccccc43)sc12. The first-order valence-electron chi connectivity index (χ1n) is 7.25. The molecule has 0 N–H and O–H groups in total. The first-order chi connectivity index (χ1) is 10.9. The summed E-state index contributed by atoms with van der Waals surface area (Å²) in [5, 5.41) is 4.81. The average molecular weight is 300 g/mol. The van der Waals surface area contributed by atoms with Crippen LogP contribution < -0.4 is 0 Å². The lowest BCUT2D eigenvalue weighted by molar-refractivity contribution is 1.10. The normalized spacial score (nSPS) is 11.6. The summed E-state index contributed by atoms with van der Waals surface area (Å²) in [6.45, 7) is 0. The quantitative estimate of drug-likeness (QED) is 0.405. The summed E-state index contributed by atoms with van der Waals surface area (Å²) < 4.78 is 3.43. The Morgan fingerprint density at radius 1 is 0.773 bits per heavy atom. The van der Waals surface area contributed by atoms with E-state index in [1.807, 2.05) is 0 Å². The van der Waals surface area contributed by atoms with Crippen molar-refractivity contribution >= 4 is 43.2 Å². The highest BCUT2D eigenvalue weighted by molar-refractivity contribution is 7.21. The molecule has 3 aromatic carbocycles. The number of hydrogen-bond donors (Lipinski definition) is 0. The molecular weight excluding hydrogens is 288 g/mol. The van der Waals surface area contributed by atoms with Crippen LogP contribution in [0.25, 0.3) is 37.0 Å². The van der Waals surface area contributed by atoms with Gasteiger partial charge < -0.3 is 0 Å². The summed E-state index contributed by atoms with van der Waals surface area (Å²) in [7, 11) is 0. The van der Waals surface area contributed by atoms with Crippen molar-refractivity contribution in [2.45, 2.75) is 0 Å². The molecule has 0 bridgehead atoms. The topological polar surface area (TPSA) is 17.8 Å². The minimum Gasteiger partial charge on any atom is -0.293 e. The van der Waals surface area contributed by atoms with Gasteiger partial charge in [-0.05, 0) is 23.6 Å². The third-order valence-electron chi connectivity index (χ3n) is 4.07. The molecule has 0 atom stereocenters. The van der Waals surface area contributed by atoms with Gasteiger partial charge in [-0.2, -0.15) is 0 Å². The van der Waals surface area contributed by atoms with Gasteiger partial charge in [0.1, 0.15) is 0 Å². The van der Waals surface area contributed by atoms with Crippen LogP contribution in [0.15, 0.2) is 72.9 Å². The third-order valence-corrected chi connectivity index (χ3v) is 5.18. The van der Waals surface area contributed by atoms with Crippen LogP contribution in [0.1, 0.15) is 0 Å². The van der Waals surface area contributed by atoms with Gasteiger partial charge in [0.15, 0.2) is 5.13 Å². The summed E-state index contributed by atoms with van der Waals surface area (Å²) >= 11 is 1.75. The molecule has 22 heavy (non-hydrogen) atoms. The van der Waals surface area contributed by atoms with Gasteiger partial charge in [-0.15, -0.1) is 0 Å². The number of aromatic nitrogens is 2. The summed E-state index contributed by atoms with van der Waals surface area (Å²) in [5.74, 6) is 0. The Kier molecular flexibility index (Phi) is 2.40. The number of nitrogens with zero attached hydrogens (tertiary/aromatic N) is 2. The molecule has 0 aliphatic heterocycles. The van der Waals surface area contributed by atoms with E-state index < -0.39 is 0 Å². The van der Waals surface area contributed by atoms with E-state index in [0.717, 1.165) is 10.6 Å². The molecule has 0 unspecified atom stereocenters. The molecule has 2 nitrogen and oxygen atoms in total. The predicted octanol–water partition coefficient (Wildman–Crippen LogP) is 5.39. The molecule has 2 heterocycles. The lowest BCUT2D eigenvalue weighted by Crippen LogP contribution is -1.89. The van der Waals surface area contributed by atoms with E-state index in [9.17, 15) is 0 Å². The van der Waals surface area contributed by atoms with E-state index in [2.05, 4.69) is 77.5 Å². The summed E-state index contributed by atoms with van der Waals surface area (Å²) in [6.07, 6.45) is 2.10. The molecule has 0 aliphatic carbocycles. The van der Waals surface area contributed by atoms with Crippen LogP contribution >= 0.6 is 11.3 Å². The fourth-order valence-corrected chi connectivity index (χ4v) is 4.10. The molecule has 0 aliphatic rings. The highest BCUT2D eigenvalue weighted by Gasteiger charge is 2.10. The Bertz CT molecular complexity index is 1130. The molecule has 0 fully saturated rings. The van der Waals surface area contributed by atoms with Crippen molar-refractivity contribution in [1.29, 1.82) is 0 Å². The van der Waals surface area contributed by atoms with Gasteiger partial charge in [0.05, 0.1) is 15.7 Å². The Hall–Kier alpha value is -2.65. The monoisotopic (exact) mass is 300 g/mol. The molecule has 0 saturated carbocycles. The molecule has 5 rings (SSSR count). The van der Waals surface area contributed by atoms with E-state index in [-0.39, 0.29) is 0 Å². The zero-order valence-corrected chi connectivity index (χ0v) is 12.5. The van der Waals surface area contributed by atoms with Gasteiger partial charge in [0, 0.05) is 17.0 Å². The molecule has 2 aromatic heterocycles. The maximum absolute atomic E-state index is 4.84. The van der Waals surface area contributed by atoms with Gasteiger partial charge in [-0.3, -0.25) is 4.57 Å². The van der Waals surface area contributed by atoms with Crippen LogP contribution in [-0.4, -0.2) is 9.55 Å². The number of benzene rings is 3. The zero-order valence-electron chi connectivity index (χ0n) is 11.7. The summed E-state index contributed by atoms with van der Waals surface area (Å²) in [5.41, 5.74) is 2.27. The van der Waals surface area contributed by atoms with Crippen molar-refractivity contribution in [2.75, 3.05) is 0 Å². The summed E-state index contributed by atoms with van der Waals surface area (Å²) in [6, 6.07) is 23.3. The lowest BCUT2D eigenvalue weighted by atomic mass is 10.1. The molecule has 104 valence electrons. The van der Waals surface area contributed by atoms with E-state index in [1.165, 1.54) is 26.4 Å². The smallest absolute Gasteiger partial charge is 0.195 e. The van der Waals surface area contributed by atoms with Crippen LogP contribution in [0.2, 0.25) is 0 Å². The molecule has 0 spiro atoms. The Balaban J connectivity index is 1.83. The number of rotatable bonds is 1. The Morgan fingerprint density at radius 2 is 1.59 bits per heavy atom. The number of hydrogen-bond acceptors (Lipinski definition) is 2. The van der Waals surface area contributed by atoms with Gasteiger partial charge in [-0.1, -0.05) is 59.9 Å². The second-order valence-corrected chi connectivity index (χ2v) is 6.35. The average Bonchev–Trinajstić information content (AvgIpc) is 3.18. The van der Waals surface area contributed by atoms with Crippen molar-refractivity contribution in [2.24, 2.45) is 0 Å². The fraction of sp³-hybridized carbons (Fsp3) is 0. The first-order valence-corrected chi connectivity index (χ1v) is 8.06. The van der Waals surface area contributed by atoms with Gasteiger partial charge in [0.2, 0.25) is 0 Å². The summed E-state index contributed by atoms with van der Waals surface area (Å²) in [4.78, 5) is 4.84. The van der Waals surface area contributed by atoms with Crippen LogP contribution in [0.3, 0.4) is 0 Å². The third kappa shape index (κ3) is 1.63. The van der Waals surface area contributed by atoms with Crippen molar-refractivity contribution in [3.8, 4) is 5.13 Å². The van der Waals surface area contributed by atoms with E-state index in [0.29, 0.717) is 0 Å². The number of thiazole rings is 1. The van der Waals surface area contributed by atoms with E-state index in [1.54, 1.807) is 11.3 Å². The minimum absolute atomic E-state index is 1.02. The van der Waals surface area contributed by atoms with Crippen LogP contribution in [0.4, 0.5) is 0 Å². The highest BCUT2D eigenvalue weighted by atomic mass is 32.1. The zero-order chi connectivity index (χ0) is 14.5. The molecule has 0 radical (unpaired) electrons. The lowest BCUT2D eigenvalue weighted by Gasteiger charge is -1.99. The van der Waals surface area contributed by atoms with Gasteiger partial charge >= 0.3 is 0 Å².